The molecule has 28 heavy (non-hydrogen) atoms. The molecule has 3 N–H and O–H groups in total. The van der Waals surface area contributed by atoms with E-state index in [0.29, 0.717) is 9.70 Å². The molecule has 2 amide bonds. The lowest BCUT2D eigenvalue weighted by atomic mass is 10.0. The average molecular weight is 415 g/mol. The number of primary amides is 1. The quantitative estimate of drug-likeness (QED) is 0.552. The second kappa shape index (κ2) is 9.25. The fourth-order valence-electron chi connectivity index (χ4n) is 2.63. The number of nitrogens with one attached hydrogen (secondary N) is 1. The number of rotatable bonds is 8. The Labute approximate surface area is 170 Å². The van der Waals surface area contributed by atoms with Gasteiger partial charge in [0.2, 0.25) is 11.0 Å². The number of hydrogen-bond acceptors (Lipinski definition) is 6. The molecule has 1 atom stereocenters. The molecule has 0 radical (unpaired) electrons. The third-order valence-corrected chi connectivity index (χ3v) is 5.01. The normalized spacial score (nSPS) is 11.6. The van der Waals surface area contributed by atoms with Crippen LogP contribution in [0.15, 0.2) is 60.7 Å². The van der Waals surface area contributed by atoms with Gasteiger partial charge in [0.25, 0.3) is 5.91 Å². The van der Waals surface area contributed by atoms with Crippen molar-refractivity contribution in [1.29, 1.82) is 0 Å². The van der Waals surface area contributed by atoms with Crippen molar-refractivity contribution in [3.8, 4) is 5.75 Å². The fourth-order valence-corrected chi connectivity index (χ4v) is 3.57. The van der Waals surface area contributed by atoms with Gasteiger partial charge in [-0.05, 0) is 29.9 Å². The van der Waals surface area contributed by atoms with Crippen LogP contribution in [0.5, 0.6) is 5.75 Å². The van der Waals surface area contributed by atoms with Crippen LogP contribution in [-0.4, -0.2) is 34.7 Å². The van der Waals surface area contributed by atoms with Gasteiger partial charge in [-0.2, -0.15) is 0 Å². The Morgan fingerprint density at radius 2 is 1.79 bits per heavy atom. The summed E-state index contributed by atoms with van der Waals surface area (Å²) in [6, 6.07) is 17.3. The van der Waals surface area contributed by atoms with E-state index in [1.807, 2.05) is 36.4 Å². The molecule has 144 valence electrons. The van der Waals surface area contributed by atoms with Gasteiger partial charge in [0, 0.05) is 6.42 Å². The Bertz CT molecular complexity index is 989. The number of carbonyl (C=O) groups is 2. The van der Waals surface area contributed by atoms with Crippen LogP contribution < -0.4 is 15.4 Å². The first-order chi connectivity index (χ1) is 13.5. The Balaban J connectivity index is 1.87. The number of para-hydroxylation sites is 1. The Morgan fingerprint density at radius 3 is 2.36 bits per heavy atom. The van der Waals surface area contributed by atoms with Gasteiger partial charge in [-0.3, -0.25) is 19.6 Å². The zero-order chi connectivity index (χ0) is 19.9. The molecule has 0 fully saturated rings. The summed E-state index contributed by atoms with van der Waals surface area (Å²) in [4.78, 5) is 26.5. The lowest BCUT2D eigenvalue weighted by Crippen LogP contribution is -2.51. The lowest BCUT2D eigenvalue weighted by Gasteiger charge is -2.27. The van der Waals surface area contributed by atoms with Crippen LogP contribution in [0.3, 0.4) is 0 Å². The largest absolute Gasteiger partial charge is 0.484 e. The second-order valence-corrected chi connectivity index (χ2v) is 7.51. The van der Waals surface area contributed by atoms with Gasteiger partial charge in [-0.25, -0.2) is 0 Å². The van der Waals surface area contributed by atoms with Crippen LogP contribution in [0, 0.1) is 3.95 Å². The summed E-state index contributed by atoms with van der Waals surface area (Å²) < 4.78 is 5.94. The van der Waals surface area contributed by atoms with Crippen LogP contribution in [0.25, 0.3) is 0 Å². The lowest BCUT2D eigenvalue weighted by molar-refractivity contribution is -0.125. The van der Waals surface area contributed by atoms with E-state index in [4.69, 9.17) is 22.7 Å². The van der Waals surface area contributed by atoms with Crippen molar-refractivity contribution in [2.24, 2.45) is 5.73 Å². The molecule has 0 saturated heterocycles. The first-order valence-electron chi connectivity index (χ1n) is 8.43. The van der Waals surface area contributed by atoms with Gasteiger partial charge in [-0.1, -0.05) is 59.9 Å². The van der Waals surface area contributed by atoms with E-state index in [0.717, 1.165) is 16.9 Å². The number of H-pyrrole nitrogens is 1. The minimum absolute atomic E-state index is 0.250. The maximum Gasteiger partial charge on any atom is 0.267 e. The highest BCUT2D eigenvalue weighted by Gasteiger charge is 2.32. The van der Waals surface area contributed by atoms with Crippen molar-refractivity contribution in [3.63, 3.8) is 0 Å². The summed E-state index contributed by atoms with van der Waals surface area (Å²) in [5, 5.41) is 6.97. The molecule has 3 rings (SSSR count). The van der Waals surface area contributed by atoms with Crippen molar-refractivity contribution in [3.05, 3.63) is 70.2 Å². The zero-order valence-corrected chi connectivity index (χ0v) is 16.4. The van der Waals surface area contributed by atoms with Gasteiger partial charge in [0.1, 0.15) is 11.8 Å². The highest BCUT2D eigenvalue weighted by molar-refractivity contribution is 7.73. The summed E-state index contributed by atoms with van der Waals surface area (Å²) >= 11 is 6.17. The number of anilines is 1. The van der Waals surface area contributed by atoms with Gasteiger partial charge in [0.05, 0.1) is 0 Å². The third-order valence-electron chi connectivity index (χ3n) is 3.92. The number of hydrogen-bond donors (Lipinski definition) is 2. The van der Waals surface area contributed by atoms with Gasteiger partial charge in [0.15, 0.2) is 10.6 Å². The predicted molar refractivity (Wildman–Crippen MR) is 110 cm³/mol. The van der Waals surface area contributed by atoms with E-state index >= 15 is 0 Å². The topological polar surface area (TPSA) is 101 Å². The van der Waals surface area contributed by atoms with Crippen LogP contribution in [-0.2, 0) is 16.0 Å². The molecule has 3 aromatic rings. The van der Waals surface area contributed by atoms with Crippen molar-refractivity contribution >= 4 is 40.5 Å². The van der Waals surface area contributed by atoms with Gasteiger partial charge < -0.3 is 10.5 Å². The first kappa shape index (κ1) is 19.7. The molecule has 1 heterocycles. The highest BCUT2D eigenvalue weighted by Crippen LogP contribution is 2.23. The fraction of sp³-hybridized carbons (Fsp3) is 0.158. The molecule has 0 aliphatic heterocycles. The Morgan fingerprint density at radius 1 is 1.14 bits per heavy atom. The summed E-state index contributed by atoms with van der Waals surface area (Å²) in [6.45, 7) is -0.269. The number of nitrogens with two attached hydrogens (primary N) is 1. The Kier molecular flexibility index (Phi) is 6.51. The molecule has 2 aromatic carbocycles. The molecule has 1 unspecified atom stereocenters. The maximum atomic E-state index is 13.0. The van der Waals surface area contributed by atoms with Crippen LogP contribution >= 0.6 is 23.6 Å². The monoisotopic (exact) mass is 414 g/mol. The second-order valence-electron chi connectivity index (χ2n) is 5.87. The number of carbonyl (C=O) groups excluding carboxylic acids is 2. The highest BCUT2D eigenvalue weighted by atomic mass is 32.1. The minimum Gasteiger partial charge on any atom is -0.484 e. The number of ether oxygens (including phenoxy) is 1. The van der Waals surface area contributed by atoms with Crippen LogP contribution in [0.4, 0.5) is 5.13 Å². The summed E-state index contributed by atoms with van der Waals surface area (Å²) in [6.07, 6.45) is 0.250. The smallest absolute Gasteiger partial charge is 0.267 e. The van der Waals surface area contributed by atoms with Crippen molar-refractivity contribution < 1.29 is 14.3 Å². The molecule has 1 aromatic heterocycles. The zero-order valence-electron chi connectivity index (χ0n) is 14.8. The third kappa shape index (κ3) is 5.02. The van der Waals surface area contributed by atoms with E-state index < -0.39 is 17.9 Å². The van der Waals surface area contributed by atoms with E-state index in [9.17, 15) is 9.59 Å². The predicted octanol–water partition coefficient (Wildman–Crippen LogP) is 2.71. The standard InChI is InChI=1S/C19H18N4O3S2/c20-17(25)15(11-13-7-3-1-4-8-13)23(18-21-22-19(27)28-18)16(24)12-26-14-9-5-2-6-10-14/h1-10,15H,11-12H2,(H2,20,25)(H,22,27). The van der Waals surface area contributed by atoms with Crippen molar-refractivity contribution in [2.75, 3.05) is 11.5 Å². The molecular weight excluding hydrogens is 396 g/mol. The molecule has 0 spiro atoms. The van der Waals surface area contributed by atoms with E-state index in [1.54, 1.807) is 24.3 Å². The number of benzene rings is 2. The maximum absolute atomic E-state index is 13.0. The minimum atomic E-state index is -0.928. The molecule has 0 bridgehead atoms. The van der Waals surface area contributed by atoms with Crippen LogP contribution in [0.2, 0.25) is 0 Å². The van der Waals surface area contributed by atoms with E-state index in [1.165, 1.54) is 4.90 Å². The molecule has 0 aliphatic carbocycles. The molecule has 9 heteroatoms. The van der Waals surface area contributed by atoms with Gasteiger partial charge >= 0.3 is 0 Å². The molecular formula is C19H18N4O3S2. The summed E-state index contributed by atoms with van der Waals surface area (Å²) in [7, 11) is 0. The van der Waals surface area contributed by atoms with E-state index in [2.05, 4.69) is 10.2 Å². The summed E-state index contributed by atoms with van der Waals surface area (Å²) in [5.74, 6) is -0.538. The molecule has 7 nitrogen and oxygen atoms in total. The number of aromatic amines is 1. The van der Waals surface area contributed by atoms with Crippen molar-refractivity contribution in [1.82, 2.24) is 10.2 Å². The van der Waals surface area contributed by atoms with Crippen LogP contribution in [0.1, 0.15) is 5.56 Å². The average Bonchev–Trinajstić information content (AvgIpc) is 3.13. The number of nitrogens with zero attached hydrogens (tertiary/aromatic N) is 2. The number of amides is 2. The van der Waals surface area contributed by atoms with Gasteiger partial charge in [-0.15, -0.1) is 5.10 Å². The van der Waals surface area contributed by atoms with Crippen molar-refractivity contribution in [2.45, 2.75) is 12.5 Å². The Hall–Kier alpha value is -3.04. The SMILES string of the molecule is NC(=O)C(Cc1ccccc1)N(C(=O)COc1ccccc1)c1n[nH]c(=S)s1. The first-order valence-corrected chi connectivity index (χ1v) is 9.65. The molecule has 0 aliphatic rings. The molecule has 0 saturated carbocycles. The van der Waals surface area contributed by atoms with E-state index in [-0.39, 0.29) is 18.2 Å². The number of aromatic nitrogens is 2. The summed E-state index contributed by atoms with van der Waals surface area (Å²) in [5.41, 5.74) is 6.51.